The van der Waals surface area contributed by atoms with Gasteiger partial charge in [0.1, 0.15) is 5.82 Å². The molecule has 0 unspecified atom stereocenters. The van der Waals surface area contributed by atoms with Crippen LogP contribution in [-0.2, 0) is 13.1 Å². The van der Waals surface area contributed by atoms with Gasteiger partial charge in [-0.25, -0.2) is 4.98 Å². The molecule has 4 heteroatoms. The van der Waals surface area contributed by atoms with Crippen molar-refractivity contribution in [1.82, 2.24) is 19.8 Å². The lowest BCUT2D eigenvalue weighted by atomic mass is 10.3. The molecule has 1 N–H and O–H groups in total. The molecule has 2 heterocycles. The van der Waals surface area contributed by atoms with Crippen LogP contribution < -0.4 is 5.32 Å². The van der Waals surface area contributed by atoms with E-state index in [2.05, 4.69) is 32.9 Å². The Morgan fingerprint density at radius 1 is 1.38 bits per heavy atom. The van der Waals surface area contributed by atoms with E-state index in [-0.39, 0.29) is 0 Å². The standard InChI is InChI=1S/C12H22N4/c1-2-3-4-13-5-7-15-9-10-16-8-6-14-12(16)11-15/h6,8,13H,2-5,7,9-11H2,1H3. The smallest absolute Gasteiger partial charge is 0.122 e. The molecule has 4 nitrogen and oxygen atoms in total. The quantitative estimate of drug-likeness (QED) is 0.731. The Hall–Kier alpha value is -0.870. The third-order valence-electron chi connectivity index (χ3n) is 3.14. The summed E-state index contributed by atoms with van der Waals surface area (Å²) in [6, 6.07) is 0. The van der Waals surface area contributed by atoms with Gasteiger partial charge in [-0.3, -0.25) is 4.90 Å². The van der Waals surface area contributed by atoms with Crippen molar-refractivity contribution in [3.63, 3.8) is 0 Å². The van der Waals surface area contributed by atoms with Gasteiger partial charge >= 0.3 is 0 Å². The molecule has 0 bridgehead atoms. The summed E-state index contributed by atoms with van der Waals surface area (Å²) in [6.07, 6.45) is 6.53. The predicted molar refractivity (Wildman–Crippen MR) is 65.3 cm³/mol. The van der Waals surface area contributed by atoms with E-state index in [0.717, 1.165) is 39.3 Å². The molecule has 0 amide bonds. The molecular weight excluding hydrogens is 200 g/mol. The first kappa shape index (κ1) is 11.6. The number of nitrogens with one attached hydrogen (secondary N) is 1. The van der Waals surface area contributed by atoms with E-state index in [1.165, 1.54) is 18.7 Å². The van der Waals surface area contributed by atoms with Crippen molar-refractivity contribution in [2.75, 3.05) is 26.2 Å². The lowest BCUT2D eigenvalue weighted by Gasteiger charge is -2.27. The van der Waals surface area contributed by atoms with E-state index in [1.54, 1.807) is 0 Å². The van der Waals surface area contributed by atoms with E-state index >= 15 is 0 Å². The molecule has 1 aromatic rings. The molecule has 0 aliphatic carbocycles. The van der Waals surface area contributed by atoms with Crippen LogP contribution in [0.3, 0.4) is 0 Å². The third kappa shape index (κ3) is 3.06. The van der Waals surface area contributed by atoms with Crippen molar-refractivity contribution in [2.24, 2.45) is 0 Å². The van der Waals surface area contributed by atoms with Crippen LogP contribution in [0.25, 0.3) is 0 Å². The van der Waals surface area contributed by atoms with Gasteiger partial charge in [-0.1, -0.05) is 13.3 Å². The van der Waals surface area contributed by atoms with Crippen LogP contribution in [0.5, 0.6) is 0 Å². The molecule has 16 heavy (non-hydrogen) atoms. The second kappa shape index (κ2) is 6.01. The topological polar surface area (TPSA) is 33.1 Å². The van der Waals surface area contributed by atoms with Gasteiger partial charge in [-0.05, 0) is 13.0 Å². The minimum Gasteiger partial charge on any atom is -0.333 e. The molecule has 1 aliphatic heterocycles. The largest absolute Gasteiger partial charge is 0.333 e. The van der Waals surface area contributed by atoms with Crippen LogP contribution in [-0.4, -0.2) is 40.6 Å². The summed E-state index contributed by atoms with van der Waals surface area (Å²) < 4.78 is 2.25. The molecule has 90 valence electrons. The first-order valence-electron chi connectivity index (χ1n) is 6.33. The first-order valence-corrected chi connectivity index (χ1v) is 6.33. The summed E-state index contributed by atoms with van der Waals surface area (Å²) in [5.74, 6) is 1.21. The van der Waals surface area contributed by atoms with Crippen LogP contribution >= 0.6 is 0 Å². The van der Waals surface area contributed by atoms with Crippen LogP contribution in [0.1, 0.15) is 25.6 Å². The highest BCUT2D eigenvalue weighted by atomic mass is 15.2. The fourth-order valence-electron chi connectivity index (χ4n) is 2.08. The number of unbranched alkanes of at least 4 members (excludes halogenated alkanes) is 1. The van der Waals surface area contributed by atoms with Crippen molar-refractivity contribution in [3.05, 3.63) is 18.2 Å². The van der Waals surface area contributed by atoms with Crippen molar-refractivity contribution in [2.45, 2.75) is 32.9 Å². The molecule has 2 rings (SSSR count). The number of fused-ring (bicyclic) bond motifs is 1. The van der Waals surface area contributed by atoms with Gasteiger partial charge in [0.15, 0.2) is 0 Å². The summed E-state index contributed by atoms with van der Waals surface area (Å²) >= 11 is 0. The first-order chi connectivity index (χ1) is 7.90. The maximum Gasteiger partial charge on any atom is 0.122 e. The Labute approximate surface area is 97.7 Å². The number of nitrogens with zero attached hydrogens (tertiary/aromatic N) is 3. The summed E-state index contributed by atoms with van der Waals surface area (Å²) in [5.41, 5.74) is 0. The molecule has 0 fully saturated rings. The Kier molecular flexibility index (Phi) is 4.36. The minimum atomic E-state index is 1.00. The Balaban J connectivity index is 1.65. The normalized spacial score (nSPS) is 16.3. The van der Waals surface area contributed by atoms with Gasteiger partial charge in [0, 0.05) is 38.6 Å². The molecule has 1 aromatic heterocycles. The fourth-order valence-corrected chi connectivity index (χ4v) is 2.08. The number of rotatable bonds is 6. The summed E-state index contributed by atoms with van der Waals surface area (Å²) in [4.78, 5) is 6.84. The lowest BCUT2D eigenvalue weighted by Crippen LogP contribution is -2.38. The van der Waals surface area contributed by atoms with Crippen molar-refractivity contribution >= 4 is 0 Å². The zero-order valence-electron chi connectivity index (χ0n) is 10.2. The maximum absolute atomic E-state index is 4.37. The van der Waals surface area contributed by atoms with Gasteiger partial charge in [-0.2, -0.15) is 0 Å². The van der Waals surface area contributed by atoms with E-state index in [1.807, 2.05) is 6.20 Å². The van der Waals surface area contributed by atoms with Gasteiger partial charge in [0.2, 0.25) is 0 Å². The molecule has 1 aliphatic rings. The van der Waals surface area contributed by atoms with Crippen LogP contribution in [0.4, 0.5) is 0 Å². The summed E-state index contributed by atoms with van der Waals surface area (Å²) in [5, 5.41) is 3.48. The maximum atomic E-state index is 4.37. The molecular formula is C12H22N4. The number of hydrogen-bond acceptors (Lipinski definition) is 3. The Morgan fingerprint density at radius 2 is 2.31 bits per heavy atom. The number of hydrogen-bond donors (Lipinski definition) is 1. The lowest BCUT2D eigenvalue weighted by molar-refractivity contribution is 0.217. The zero-order chi connectivity index (χ0) is 11.2. The highest BCUT2D eigenvalue weighted by molar-refractivity contribution is 4.95. The average Bonchev–Trinajstić information content (AvgIpc) is 2.76. The Morgan fingerprint density at radius 3 is 3.19 bits per heavy atom. The van der Waals surface area contributed by atoms with Crippen LogP contribution in [0.15, 0.2) is 12.4 Å². The van der Waals surface area contributed by atoms with E-state index in [9.17, 15) is 0 Å². The highest BCUT2D eigenvalue weighted by Crippen LogP contribution is 2.08. The molecule has 0 aromatic carbocycles. The summed E-state index contributed by atoms with van der Waals surface area (Å²) in [7, 11) is 0. The SMILES string of the molecule is CCCCNCCN1CCn2ccnc2C1. The highest BCUT2D eigenvalue weighted by Gasteiger charge is 2.15. The van der Waals surface area contributed by atoms with E-state index in [0.29, 0.717) is 0 Å². The predicted octanol–water partition coefficient (Wildman–Crippen LogP) is 1.09. The van der Waals surface area contributed by atoms with Gasteiger partial charge in [0.25, 0.3) is 0 Å². The van der Waals surface area contributed by atoms with Gasteiger partial charge in [-0.15, -0.1) is 0 Å². The van der Waals surface area contributed by atoms with Gasteiger partial charge in [0.05, 0.1) is 6.54 Å². The average molecular weight is 222 g/mol. The van der Waals surface area contributed by atoms with E-state index in [4.69, 9.17) is 0 Å². The minimum absolute atomic E-state index is 1.00. The Bertz CT molecular complexity index is 308. The third-order valence-corrected chi connectivity index (χ3v) is 3.14. The van der Waals surface area contributed by atoms with Crippen LogP contribution in [0.2, 0.25) is 0 Å². The van der Waals surface area contributed by atoms with Gasteiger partial charge < -0.3 is 9.88 Å². The van der Waals surface area contributed by atoms with Crippen molar-refractivity contribution < 1.29 is 0 Å². The molecule has 0 atom stereocenters. The number of imidazole rings is 1. The summed E-state index contributed by atoms with van der Waals surface area (Å²) in [6.45, 7) is 8.86. The second-order valence-corrected chi connectivity index (χ2v) is 4.42. The molecule has 0 saturated heterocycles. The molecule has 0 spiro atoms. The number of aromatic nitrogens is 2. The van der Waals surface area contributed by atoms with Crippen molar-refractivity contribution in [1.29, 1.82) is 0 Å². The zero-order valence-corrected chi connectivity index (χ0v) is 10.2. The molecule has 0 radical (unpaired) electrons. The second-order valence-electron chi connectivity index (χ2n) is 4.42. The molecule has 0 saturated carbocycles. The monoisotopic (exact) mass is 222 g/mol. The fraction of sp³-hybridized carbons (Fsp3) is 0.750. The van der Waals surface area contributed by atoms with E-state index < -0.39 is 0 Å². The van der Waals surface area contributed by atoms with Crippen molar-refractivity contribution in [3.8, 4) is 0 Å². The van der Waals surface area contributed by atoms with Crippen LogP contribution in [0, 0.1) is 0 Å².